The number of pyridine rings is 1. The van der Waals surface area contributed by atoms with Gasteiger partial charge in [-0.3, -0.25) is 0 Å². The van der Waals surface area contributed by atoms with Crippen molar-refractivity contribution in [3.63, 3.8) is 0 Å². The molecule has 1 aromatic carbocycles. The Bertz CT molecular complexity index is 703. The summed E-state index contributed by atoms with van der Waals surface area (Å²) in [5, 5.41) is 1.42. The average Bonchev–Trinajstić information content (AvgIpc) is 2.41. The molecule has 2 rings (SSSR count). The van der Waals surface area contributed by atoms with Crippen LogP contribution in [0.5, 0.6) is 0 Å². The van der Waals surface area contributed by atoms with Crippen molar-refractivity contribution in [2.24, 2.45) is 0 Å². The fourth-order valence-electron chi connectivity index (χ4n) is 1.92. The van der Waals surface area contributed by atoms with E-state index < -0.39 is 28.3 Å². The monoisotopic (exact) mass is 364 g/mol. The van der Waals surface area contributed by atoms with Gasteiger partial charge in [0.05, 0.1) is 0 Å². The van der Waals surface area contributed by atoms with E-state index in [1.807, 2.05) is 0 Å². The maximum atomic E-state index is 13.4. The quantitative estimate of drug-likeness (QED) is 0.642. The standard InChI is InChI=1S/C15H16ClF3N2OS/c1-14(2,3)23(22)21-13(15(17,18)19)9-4-5-10-8-20-12(16)7-11(10)6-9/h4-8,13,21H,1-3H3/t13-,23+/m0/s1. The fraction of sp³-hybridized carbons (Fsp3) is 0.400. The lowest BCUT2D eigenvalue weighted by molar-refractivity contribution is -0.153. The van der Waals surface area contributed by atoms with Crippen molar-refractivity contribution in [3.8, 4) is 0 Å². The van der Waals surface area contributed by atoms with E-state index in [1.165, 1.54) is 30.5 Å². The van der Waals surface area contributed by atoms with Crippen LogP contribution in [0.25, 0.3) is 10.8 Å². The number of rotatable bonds is 3. The lowest BCUT2D eigenvalue weighted by Crippen LogP contribution is -2.45. The molecule has 0 bridgehead atoms. The number of alkyl halides is 3. The molecule has 0 saturated heterocycles. The third-order valence-corrected chi connectivity index (χ3v) is 4.92. The molecule has 0 amide bonds. The van der Waals surface area contributed by atoms with Crippen molar-refractivity contribution in [1.82, 2.24) is 9.71 Å². The fourth-order valence-corrected chi connectivity index (χ4v) is 2.92. The molecular weight excluding hydrogens is 349 g/mol. The number of nitrogens with zero attached hydrogens (tertiary/aromatic N) is 1. The molecule has 1 aromatic heterocycles. The van der Waals surface area contributed by atoms with Crippen LogP contribution < -0.4 is 4.72 Å². The predicted molar refractivity (Wildman–Crippen MR) is 86.6 cm³/mol. The van der Waals surface area contributed by atoms with E-state index in [0.29, 0.717) is 10.8 Å². The van der Waals surface area contributed by atoms with Gasteiger partial charge in [-0.15, -0.1) is 4.72 Å². The molecule has 0 fully saturated rings. The van der Waals surface area contributed by atoms with Crippen LogP contribution in [0.15, 0.2) is 30.5 Å². The summed E-state index contributed by atoms with van der Waals surface area (Å²) in [6, 6.07) is 3.73. The number of hydrogen-bond donors (Lipinski definition) is 1. The van der Waals surface area contributed by atoms with Gasteiger partial charge in [0.15, 0.2) is 6.04 Å². The molecule has 1 heterocycles. The van der Waals surface area contributed by atoms with E-state index >= 15 is 0 Å². The van der Waals surface area contributed by atoms with Crippen molar-refractivity contribution in [2.75, 3.05) is 0 Å². The second-order valence-corrected chi connectivity index (χ2v) is 8.47. The Labute approximate surface area is 140 Å². The largest absolute Gasteiger partial charge is 0.598 e. The summed E-state index contributed by atoms with van der Waals surface area (Å²) in [5.41, 5.74) is -0.0233. The molecule has 0 aliphatic rings. The zero-order valence-corrected chi connectivity index (χ0v) is 14.3. The van der Waals surface area contributed by atoms with Crippen molar-refractivity contribution >= 4 is 33.7 Å². The number of benzene rings is 1. The van der Waals surface area contributed by atoms with Crippen molar-refractivity contribution < 1.29 is 17.7 Å². The lowest BCUT2D eigenvalue weighted by atomic mass is 10.0. The highest BCUT2D eigenvalue weighted by Crippen LogP contribution is 2.35. The van der Waals surface area contributed by atoms with Crippen LogP contribution in [0, 0.1) is 0 Å². The Hall–Kier alpha value is -1.02. The van der Waals surface area contributed by atoms with Gasteiger partial charge < -0.3 is 4.55 Å². The maximum absolute atomic E-state index is 13.4. The number of nitrogens with one attached hydrogen (secondary N) is 1. The van der Waals surface area contributed by atoms with Gasteiger partial charge in [-0.25, -0.2) is 4.98 Å². The smallest absolute Gasteiger partial charge is 0.412 e. The van der Waals surface area contributed by atoms with Crippen LogP contribution in [0.3, 0.4) is 0 Å². The summed E-state index contributed by atoms with van der Waals surface area (Å²) in [5.74, 6) is 0. The van der Waals surface area contributed by atoms with Crippen LogP contribution in [-0.4, -0.2) is 20.5 Å². The van der Waals surface area contributed by atoms with E-state index in [9.17, 15) is 17.7 Å². The molecule has 0 aliphatic heterocycles. The van der Waals surface area contributed by atoms with Crippen LogP contribution in [0.4, 0.5) is 13.2 Å². The first-order valence-electron chi connectivity index (χ1n) is 6.78. The van der Waals surface area contributed by atoms with Gasteiger partial charge in [-0.1, -0.05) is 23.7 Å². The van der Waals surface area contributed by atoms with Gasteiger partial charge in [0, 0.05) is 22.9 Å². The summed E-state index contributed by atoms with van der Waals surface area (Å²) in [7, 11) is 0. The minimum atomic E-state index is -4.58. The minimum absolute atomic E-state index is 0.0233. The third kappa shape index (κ3) is 4.50. The van der Waals surface area contributed by atoms with Crippen molar-refractivity contribution in [3.05, 3.63) is 41.2 Å². The zero-order chi connectivity index (χ0) is 17.4. The van der Waals surface area contributed by atoms with E-state index in [0.717, 1.165) is 0 Å². The van der Waals surface area contributed by atoms with Crippen molar-refractivity contribution in [2.45, 2.75) is 37.7 Å². The molecular formula is C15H16ClF3N2OS. The second-order valence-electron chi connectivity index (χ2n) is 6.09. The summed E-state index contributed by atoms with van der Waals surface area (Å²) in [6.07, 6.45) is -3.09. The summed E-state index contributed by atoms with van der Waals surface area (Å²) < 4.78 is 53.7. The molecule has 0 spiro atoms. The normalized spacial score (nSPS) is 15.7. The Morgan fingerprint density at radius 1 is 1.17 bits per heavy atom. The average molecular weight is 365 g/mol. The second kappa shape index (κ2) is 6.47. The van der Waals surface area contributed by atoms with E-state index in [4.69, 9.17) is 11.6 Å². The Balaban J connectivity index is 2.43. The Morgan fingerprint density at radius 2 is 1.83 bits per heavy atom. The highest BCUT2D eigenvalue weighted by atomic mass is 35.5. The zero-order valence-electron chi connectivity index (χ0n) is 12.7. The molecule has 0 unspecified atom stereocenters. The third-order valence-electron chi connectivity index (χ3n) is 3.15. The lowest BCUT2D eigenvalue weighted by Gasteiger charge is -2.29. The highest BCUT2D eigenvalue weighted by Gasteiger charge is 2.45. The van der Waals surface area contributed by atoms with Gasteiger partial charge >= 0.3 is 6.18 Å². The molecule has 2 aromatic rings. The van der Waals surface area contributed by atoms with Crippen LogP contribution >= 0.6 is 11.6 Å². The molecule has 1 N–H and O–H groups in total. The molecule has 0 aliphatic carbocycles. The topological polar surface area (TPSA) is 48.0 Å². The van der Waals surface area contributed by atoms with Gasteiger partial charge in [0.2, 0.25) is 0 Å². The van der Waals surface area contributed by atoms with Gasteiger partial charge in [0.1, 0.15) is 9.90 Å². The minimum Gasteiger partial charge on any atom is -0.598 e. The Kier molecular flexibility index (Phi) is 5.15. The molecule has 23 heavy (non-hydrogen) atoms. The van der Waals surface area contributed by atoms with E-state index in [1.54, 1.807) is 20.8 Å². The van der Waals surface area contributed by atoms with E-state index in [-0.39, 0.29) is 10.7 Å². The molecule has 2 atom stereocenters. The van der Waals surface area contributed by atoms with Crippen LogP contribution in [0.1, 0.15) is 32.4 Å². The number of hydrogen-bond acceptors (Lipinski definition) is 3. The first-order valence-corrected chi connectivity index (χ1v) is 8.31. The van der Waals surface area contributed by atoms with Gasteiger partial charge in [0.25, 0.3) is 0 Å². The molecule has 126 valence electrons. The van der Waals surface area contributed by atoms with Crippen molar-refractivity contribution in [1.29, 1.82) is 0 Å². The molecule has 0 saturated carbocycles. The molecule has 0 radical (unpaired) electrons. The highest BCUT2D eigenvalue weighted by molar-refractivity contribution is 7.90. The first kappa shape index (κ1) is 18.3. The van der Waals surface area contributed by atoms with Crippen LogP contribution in [-0.2, 0) is 11.4 Å². The van der Waals surface area contributed by atoms with Crippen LogP contribution in [0.2, 0.25) is 5.15 Å². The van der Waals surface area contributed by atoms with E-state index in [2.05, 4.69) is 9.71 Å². The predicted octanol–water partition coefficient (Wildman–Crippen LogP) is 4.54. The maximum Gasteiger partial charge on any atom is 0.412 e. The molecule has 8 heteroatoms. The molecule has 3 nitrogen and oxygen atoms in total. The summed E-state index contributed by atoms with van der Waals surface area (Å²) >= 11 is 3.93. The SMILES string of the molecule is CC(C)(C)[S@@+]([O-])N[C@@H](c1ccc2cnc(Cl)cc2c1)C(F)(F)F. The summed E-state index contributed by atoms with van der Waals surface area (Å²) in [4.78, 5) is 3.89. The first-order chi connectivity index (χ1) is 10.5. The number of halogens is 4. The number of fused-ring (bicyclic) bond motifs is 1. The Morgan fingerprint density at radius 3 is 2.39 bits per heavy atom. The van der Waals surface area contributed by atoms with Gasteiger partial charge in [-0.2, -0.15) is 13.2 Å². The summed E-state index contributed by atoms with van der Waals surface area (Å²) in [6.45, 7) is 4.82. The number of aromatic nitrogens is 1. The van der Waals surface area contributed by atoms with Gasteiger partial charge in [-0.05, 0) is 43.9 Å².